The van der Waals surface area contributed by atoms with Gasteiger partial charge < -0.3 is 10.6 Å². The lowest BCUT2D eigenvalue weighted by atomic mass is 10.0. The Morgan fingerprint density at radius 1 is 1.12 bits per heavy atom. The molecule has 2 aromatic carbocycles. The molecule has 0 saturated carbocycles. The van der Waals surface area contributed by atoms with Gasteiger partial charge in [-0.25, -0.2) is 9.07 Å². The van der Waals surface area contributed by atoms with E-state index in [0.717, 1.165) is 73.3 Å². The summed E-state index contributed by atoms with van der Waals surface area (Å²) in [5.74, 6) is 0.632. The molecule has 34 heavy (non-hydrogen) atoms. The lowest BCUT2D eigenvalue weighted by Gasteiger charge is -2.13. The number of unbranched alkanes of at least 4 members (excludes halogenated alkanes) is 1. The van der Waals surface area contributed by atoms with E-state index in [1.54, 1.807) is 10.7 Å². The molecule has 0 spiro atoms. The van der Waals surface area contributed by atoms with E-state index < -0.39 is 0 Å². The molecular weight excluding hydrogens is 423 g/mol. The Balaban J connectivity index is 1.74. The number of rotatable bonds is 10. The number of aromatic nitrogens is 2. The molecule has 3 aromatic rings. The Bertz CT molecular complexity index is 1180. The number of nitrogens with zero attached hydrogens (tertiary/aromatic N) is 2. The molecule has 0 unspecified atom stereocenters. The van der Waals surface area contributed by atoms with Gasteiger partial charge in [-0.1, -0.05) is 64.1 Å². The van der Waals surface area contributed by atoms with Crippen LogP contribution in [0.4, 0.5) is 10.2 Å². The molecule has 2 heterocycles. The minimum Gasteiger partial charge on any atom is -0.388 e. The van der Waals surface area contributed by atoms with Crippen molar-refractivity contribution in [3.63, 3.8) is 0 Å². The number of aryl methyl sites for hydroxylation is 2. The summed E-state index contributed by atoms with van der Waals surface area (Å²) < 4.78 is 16.8. The predicted octanol–water partition coefficient (Wildman–Crippen LogP) is 7.02. The van der Waals surface area contributed by atoms with Crippen molar-refractivity contribution in [1.29, 1.82) is 0 Å². The van der Waals surface area contributed by atoms with Crippen molar-refractivity contribution in [2.45, 2.75) is 52.4 Å². The molecule has 5 heteroatoms. The Kier molecular flexibility index (Phi) is 7.51. The first-order valence-corrected chi connectivity index (χ1v) is 12.3. The van der Waals surface area contributed by atoms with Crippen LogP contribution < -0.4 is 10.6 Å². The highest BCUT2D eigenvalue weighted by atomic mass is 19.1. The molecule has 1 fully saturated rings. The second kappa shape index (κ2) is 10.7. The fraction of sp³-hybridized carbons (Fsp3) is 0.345. The standard InChI is InChI=1S/C29H35FN4/c1-5-7-10-23-11-8-12-24(16-23)27-18-29(32-21(4)25-15-20(3)31-19-25)33-34(27)28-17-22(9-6-2)13-14-26(28)30/h8,11-14,16-18,25,31H,3-7,9-10,15,19H2,1-2H3,(H,32,33)/t25-/m0/s1. The molecule has 4 nitrogen and oxygen atoms in total. The third-order valence-corrected chi connectivity index (χ3v) is 6.40. The van der Waals surface area contributed by atoms with Gasteiger partial charge in [0.2, 0.25) is 0 Å². The Morgan fingerprint density at radius 2 is 1.94 bits per heavy atom. The lowest BCUT2D eigenvalue weighted by Crippen LogP contribution is -2.14. The molecule has 1 aromatic heterocycles. The van der Waals surface area contributed by atoms with E-state index in [9.17, 15) is 0 Å². The van der Waals surface area contributed by atoms with Crippen molar-refractivity contribution in [2.75, 3.05) is 11.9 Å². The zero-order valence-electron chi connectivity index (χ0n) is 20.3. The minimum atomic E-state index is -0.284. The summed E-state index contributed by atoms with van der Waals surface area (Å²) in [6.07, 6.45) is 6.08. The SMILES string of the molecule is C=C1C[C@H](C(=C)Nc2cc(-c3cccc(CCCC)c3)n(-c3cc(CCC)ccc3F)n2)CN1. The van der Waals surface area contributed by atoms with Gasteiger partial charge >= 0.3 is 0 Å². The van der Waals surface area contributed by atoms with Crippen molar-refractivity contribution < 1.29 is 4.39 Å². The van der Waals surface area contributed by atoms with E-state index in [4.69, 9.17) is 5.10 Å². The first-order valence-electron chi connectivity index (χ1n) is 12.3. The molecule has 1 saturated heterocycles. The fourth-order valence-electron chi connectivity index (χ4n) is 4.49. The topological polar surface area (TPSA) is 41.9 Å². The average Bonchev–Trinajstić information content (AvgIpc) is 3.46. The zero-order chi connectivity index (χ0) is 24.1. The summed E-state index contributed by atoms with van der Waals surface area (Å²) in [4.78, 5) is 0. The third-order valence-electron chi connectivity index (χ3n) is 6.40. The van der Waals surface area contributed by atoms with Gasteiger partial charge in [0, 0.05) is 35.5 Å². The van der Waals surface area contributed by atoms with E-state index in [-0.39, 0.29) is 11.7 Å². The highest BCUT2D eigenvalue weighted by Gasteiger charge is 2.22. The Hall–Kier alpha value is -3.34. The van der Waals surface area contributed by atoms with E-state index in [1.807, 2.05) is 18.2 Å². The normalized spacial score (nSPS) is 15.4. The van der Waals surface area contributed by atoms with E-state index in [1.165, 1.54) is 5.56 Å². The van der Waals surface area contributed by atoms with Crippen LogP contribution in [0, 0.1) is 11.7 Å². The van der Waals surface area contributed by atoms with Crippen LogP contribution in [-0.4, -0.2) is 16.3 Å². The molecule has 1 atom stereocenters. The van der Waals surface area contributed by atoms with Gasteiger partial charge in [0.15, 0.2) is 5.82 Å². The smallest absolute Gasteiger partial charge is 0.153 e. The van der Waals surface area contributed by atoms with Crippen LogP contribution in [0.15, 0.2) is 73.1 Å². The monoisotopic (exact) mass is 458 g/mol. The van der Waals surface area contributed by atoms with Gasteiger partial charge in [-0.15, -0.1) is 5.10 Å². The quantitative estimate of drug-likeness (QED) is 0.343. The molecule has 0 radical (unpaired) electrons. The second-order valence-corrected chi connectivity index (χ2v) is 9.20. The summed E-state index contributed by atoms with van der Waals surface area (Å²) in [6.45, 7) is 13.4. The third kappa shape index (κ3) is 5.41. The van der Waals surface area contributed by atoms with Crippen molar-refractivity contribution in [3.05, 3.63) is 90.0 Å². The van der Waals surface area contributed by atoms with Gasteiger partial charge in [0.1, 0.15) is 11.5 Å². The van der Waals surface area contributed by atoms with E-state index >= 15 is 4.39 Å². The maximum atomic E-state index is 15.1. The molecule has 2 N–H and O–H groups in total. The highest BCUT2D eigenvalue weighted by Crippen LogP contribution is 2.31. The number of benzene rings is 2. The van der Waals surface area contributed by atoms with Crippen molar-refractivity contribution >= 4 is 5.82 Å². The zero-order valence-corrected chi connectivity index (χ0v) is 20.3. The molecule has 178 valence electrons. The summed E-state index contributed by atoms with van der Waals surface area (Å²) in [5.41, 5.74) is 6.64. The second-order valence-electron chi connectivity index (χ2n) is 9.20. The molecular formula is C29H35FN4. The largest absolute Gasteiger partial charge is 0.388 e. The Labute approximate surface area is 202 Å². The van der Waals surface area contributed by atoms with Gasteiger partial charge in [-0.3, -0.25) is 0 Å². The van der Waals surface area contributed by atoms with Crippen LogP contribution in [-0.2, 0) is 12.8 Å². The summed E-state index contributed by atoms with van der Waals surface area (Å²) in [6, 6.07) is 15.8. The van der Waals surface area contributed by atoms with Crippen LogP contribution in [0.2, 0.25) is 0 Å². The molecule has 0 bridgehead atoms. The summed E-state index contributed by atoms with van der Waals surface area (Å²) >= 11 is 0. The molecule has 1 aliphatic heterocycles. The average molecular weight is 459 g/mol. The minimum absolute atomic E-state index is 0.253. The first-order chi connectivity index (χ1) is 16.5. The number of anilines is 1. The number of hydrogen-bond donors (Lipinski definition) is 2. The number of hydrogen-bond acceptors (Lipinski definition) is 3. The van der Waals surface area contributed by atoms with Crippen molar-refractivity contribution in [2.24, 2.45) is 5.92 Å². The van der Waals surface area contributed by atoms with Crippen LogP contribution >= 0.6 is 0 Å². The van der Waals surface area contributed by atoms with Crippen LogP contribution in [0.1, 0.15) is 50.7 Å². The van der Waals surface area contributed by atoms with Crippen molar-refractivity contribution in [1.82, 2.24) is 15.1 Å². The fourth-order valence-corrected chi connectivity index (χ4v) is 4.49. The van der Waals surface area contributed by atoms with Crippen LogP contribution in [0.3, 0.4) is 0 Å². The van der Waals surface area contributed by atoms with Gasteiger partial charge in [0.25, 0.3) is 0 Å². The van der Waals surface area contributed by atoms with Gasteiger partial charge in [-0.2, -0.15) is 0 Å². The summed E-state index contributed by atoms with van der Waals surface area (Å²) in [5, 5.41) is 11.5. The number of allylic oxidation sites excluding steroid dienone is 1. The lowest BCUT2D eigenvalue weighted by molar-refractivity contribution is 0.610. The predicted molar refractivity (Wildman–Crippen MR) is 140 cm³/mol. The maximum Gasteiger partial charge on any atom is 0.153 e. The number of nitrogens with one attached hydrogen (secondary N) is 2. The molecule has 4 rings (SSSR count). The van der Waals surface area contributed by atoms with Gasteiger partial charge in [-0.05, 0) is 55.0 Å². The molecule has 1 aliphatic rings. The van der Waals surface area contributed by atoms with E-state index in [0.29, 0.717) is 11.5 Å². The molecule has 0 aliphatic carbocycles. The van der Waals surface area contributed by atoms with E-state index in [2.05, 4.69) is 61.9 Å². The van der Waals surface area contributed by atoms with Crippen LogP contribution in [0.5, 0.6) is 0 Å². The van der Waals surface area contributed by atoms with Gasteiger partial charge in [0.05, 0.1) is 5.69 Å². The van der Waals surface area contributed by atoms with Crippen molar-refractivity contribution in [3.8, 4) is 16.9 Å². The maximum absolute atomic E-state index is 15.1. The van der Waals surface area contributed by atoms with Crippen LogP contribution in [0.25, 0.3) is 16.9 Å². The first kappa shape index (κ1) is 23.8. The summed E-state index contributed by atoms with van der Waals surface area (Å²) in [7, 11) is 0. The molecule has 0 amide bonds. The highest BCUT2D eigenvalue weighted by molar-refractivity contribution is 5.67. The number of halogens is 1. The Morgan fingerprint density at radius 3 is 2.68 bits per heavy atom.